The summed E-state index contributed by atoms with van der Waals surface area (Å²) in [5.41, 5.74) is 6.90. The molecule has 4 aromatic heterocycles. The van der Waals surface area contributed by atoms with Crippen LogP contribution < -0.4 is 0 Å². The number of para-hydroxylation sites is 2. The Bertz CT molecular complexity index is 4630. The molecule has 0 N–H and O–H groups in total. The van der Waals surface area contributed by atoms with Gasteiger partial charge in [-0.3, -0.25) is 0 Å². The number of fused-ring (bicyclic) bond motifs is 6. The summed E-state index contributed by atoms with van der Waals surface area (Å²) in [4.78, 5) is 29.9. The SMILES string of the molecule is Cc1c(-n2c3ccccc3c3ccc(-c4nc(-c5ccccc5)nc(-c5ccccc5)n4)cc32)ccc(-c2c(F)c(F)c(F)c(F)c2F)c1-n1c2ccccc2c2ccc(-c3nc(-c4ccccc4)nc(-c4ccccc4)n3)cc21. The zero-order valence-electron chi connectivity index (χ0n) is 42.3. The molecule has 0 unspecified atom stereocenters. The van der Waals surface area contributed by atoms with Crippen molar-refractivity contribution < 1.29 is 22.0 Å². The summed E-state index contributed by atoms with van der Waals surface area (Å²) < 4.78 is 83.3. The van der Waals surface area contributed by atoms with Gasteiger partial charge in [-0.1, -0.05) is 182 Å². The van der Waals surface area contributed by atoms with Crippen molar-refractivity contribution >= 4 is 43.6 Å². The molecule has 13 heteroatoms. The molecule has 0 atom stereocenters. The van der Waals surface area contributed by atoms with E-state index in [1.165, 1.54) is 6.07 Å². The van der Waals surface area contributed by atoms with Gasteiger partial charge in [0.25, 0.3) is 0 Å². The monoisotopic (exact) mass is 1050 g/mol. The molecule has 0 spiro atoms. The number of rotatable bonds is 9. The van der Waals surface area contributed by atoms with Crippen molar-refractivity contribution in [3.8, 4) is 90.8 Å². The smallest absolute Gasteiger partial charge is 0.200 e. The highest BCUT2D eigenvalue weighted by atomic mass is 19.2. The standard InChI is InChI=1S/C67H39F5N8/c1-38-50(79-51-28-16-14-26-45(51)47-32-30-43(36-53(47)79)66-75-62(39-18-6-2-7-19-39)73-63(76-66)40-20-8-3-9-21-40)35-34-49(55-56(68)58(70)60(72)59(71)57(55)69)61(38)80-52-29-17-15-27-46(52)48-33-31-44(37-54(48)80)67-77-64(41-22-10-4-11-23-41)74-65(78-67)42-24-12-5-13-25-42/h2-37H,1H3. The van der Waals surface area contributed by atoms with E-state index < -0.39 is 34.6 Å². The van der Waals surface area contributed by atoms with Gasteiger partial charge in [-0.2, -0.15) is 0 Å². The normalized spacial score (nSPS) is 11.6. The van der Waals surface area contributed by atoms with Crippen molar-refractivity contribution in [2.45, 2.75) is 6.92 Å². The molecule has 4 heterocycles. The Balaban J connectivity index is 1.05. The van der Waals surface area contributed by atoms with Crippen molar-refractivity contribution in [3.05, 3.63) is 253 Å². The third kappa shape index (κ3) is 7.88. The van der Waals surface area contributed by atoms with Crippen molar-refractivity contribution in [1.82, 2.24) is 39.0 Å². The zero-order valence-corrected chi connectivity index (χ0v) is 42.3. The van der Waals surface area contributed by atoms with E-state index in [0.29, 0.717) is 68.4 Å². The second-order valence-electron chi connectivity index (χ2n) is 19.3. The van der Waals surface area contributed by atoms with Crippen LogP contribution in [0.15, 0.2) is 218 Å². The van der Waals surface area contributed by atoms with Gasteiger partial charge in [0.05, 0.1) is 39.0 Å². The second-order valence-corrected chi connectivity index (χ2v) is 19.3. The maximum absolute atomic E-state index is 16.6. The Kier molecular flexibility index (Phi) is 11.5. The van der Waals surface area contributed by atoms with Crippen molar-refractivity contribution in [1.29, 1.82) is 0 Å². The lowest BCUT2D eigenvalue weighted by Gasteiger charge is -2.22. The Hall–Kier alpha value is -10.5. The summed E-state index contributed by atoms with van der Waals surface area (Å²) >= 11 is 0. The maximum Gasteiger partial charge on any atom is 0.200 e. The lowest BCUT2D eigenvalue weighted by Crippen LogP contribution is -2.09. The molecule has 382 valence electrons. The van der Waals surface area contributed by atoms with Gasteiger partial charge >= 0.3 is 0 Å². The molecular formula is C67H39F5N8. The fourth-order valence-electron chi connectivity index (χ4n) is 10.9. The van der Waals surface area contributed by atoms with Gasteiger partial charge in [0.15, 0.2) is 58.2 Å². The van der Waals surface area contributed by atoms with Crippen LogP contribution in [0.4, 0.5) is 22.0 Å². The first kappa shape index (κ1) is 47.9. The molecule has 8 nitrogen and oxygen atoms in total. The number of aromatic nitrogens is 8. The van der Waals surface area contributed by atoms with Crippen LogP contribution in [0.2, 0.25) is 0 Å². The number of benzene rings is 10. The Morgan fingerprint density at radius 3 is 1.02 bits per heavy atom. The molecule has 0 aliphatic carbocycles. The van der Waals surface area contributed by atoms with Gasteiger partial charge in [0, 0.05) is 60.5 Å². The summed E-state index contributed by atoms with van der Waals surface area (Å²) in [6, 6.07) is 68.6. The molecule has 0 saturated heterocycles. The van der Waals surface area contributed by atoms with Gasteiger partial charge in [0.2, 0.25) is 5.82 Å². The highest BCUT2D eigenvalue weighted by Crippen LogP contribution is 2.45. The van der Waals surface area contributed by atoms with E-state index in [2.05, 4.69) is 0 Å². The number of hydrogen-bond acceptors (Lipinski definition) is 6. The van der Waals surface area contributed by atoms with Crippen LogP contribution in [0.5, 0.6) is 0 Å². The van der Waals surface area contributed by atoms with E-state index in [0.717, 1.165) is 54.8 Å². The summed E-state index contributed by atoms with van der Waals surface area (Å²) in [6.45, 7) is 1.80. The van der Waals surface area contributed by atoms with E-state index in [1.54, 1.807) is 13.0 Å². The molecule has 14 rings (SSSR count). The maximum atomic E-state index is 16.6. The molecule has 0 aliphatic heterocycles. The fourth-order valence-corrected chi connectivity index (χ4v) is 10.9. The molecule has 0 amide bonds. The topological polar surface area (TPSA) is 87.2 Å². The average Bonchev–Trinajstić information content (AvgIpc) is 4.07. The van der Waals surface area contributed by atoms with E-state index in [4.69, 9.17) is 29.9 Å². The highest BCUT2D eigenvalue weighted by molar-refractivity contribution is 6.12. The van der Waals surface area contributed by atoms with Crippen LogP contribution in [0.25, 0.3) is 134 Å². The van der Waals surface area contributed by atoms with Gasteiger partial charge in [-0.25, -0.2) is 51.9 Å². The van der Waals surface area contributed by atoms with Gasteiger partial charge in [-0.05, 0) is 48.9 Å². The van der Waals surface area contributed by atoms with Crippen LogP contribution in [0.1, 0.15) is 5.56 Å². The average molecular weight is 1050 g/mol. The molecular weight excluding hydrogens is 1010 g/mol. The Labute approximate surface area is 453 Å². The lowest BCUT2D eigenvalue weighted by atomic mass is 9.96. The highest BCUT2D eigenvalue weighted by Gasteiger charge is 2.31. The van der Waals surface area contributed by atoms with E-state index in [-0.39, 0.29) is 11.3 Å². The largest absolute Gasteiger partial charge is 0.309 e. The molecule has 0 radical (unpaired) electrons. The lowest BCUT2D eigenvalue weighted by molar-refractivity contribution is 0.381. The minimum Gasteiger partial charge on any atom is -0.309 e. The predicted octanol–water partition coefficient (Wildman–Crippen LogP) is 16.9. The number of nitrogens with zero attached hydrogens (tertiary/aromatic N) is 8. The predicted molar refractivity (Wildman–Crippen MR) is 304 cm³/mol. The van der Waals surface area contributed by atoms with Crippen molar-refractivity contribution in [3.63, 3.8) is 0 Å². The Morgan fingerprint density at radius 1 is 0.287 bits per heavy atom. The molecule has 10 aromatic carbocycles. The first-order chi connectivity index (χ1) is 39.2. The minimum absolute atomic E-state index is 0.166. The molecule has 0 aliphatic rings. The van der Waals surface area contributed by atoms with Gasteiger partial charge < -0.3 is 9.13 Å². The van der Waals surface area contributed by atoms with E-state index in [1.807, 2.05) is 215 Å². The van der Waals surface area contributed by atoms with Gasteiger partial charge in [-0.15, -0.1) is 0 Å². The fraction of sp³-hybridized carbons (Fsp3) is 0.0149. The number of halogens is 5. The van der Waals surface area contributed by atoms with Crippen LogP contribution in [0.3, 0.4) is 0 Å². The molecule has 14 aromatic rings. The van der Waals surface area contributed by atoms with Crippen LogP contribution in [-0.4, -0.2) is 39.0 Å². The molecule has 0 saturated carbocycles. The van der Waals surface area contributed by atoms with Crippen molar-refractivity contribution in [2.24, 2.45) is 0 Å². The summed E-state index contributed by atoms with van der Waals surface area (Å²) in [7, 11) is 0. The summed E-state index contributed by atoms with van der Waals surface area (Å²) in [5, 5.41) is 3.27. The molecule has 0 fully saturated rings. The first-order valence-electron chi connectivity index (χ1n) is 25.7. The van der Waals surface area contributed by atoms with E-state index >= 15 is 17.6 Å². The summed E-state index contributed by atoms with van der Waals surface area (Å²) in [5.74, 6) is -7.71. The summed E-state index contributed by atoms with van der Waals surface area (Å²) in [6.07, 6.45) is 0. The van der Waals surface area contributed by atoms with Crippen LogP contribution >= 0.6 is 0 Å². The first-order valence-corrected chi connectivity index (χ1v) is 25.7. The second kappa shape index (κ2) is 19.2. The van der Waals surface area contributed by atoms with Crippen molar-refractivity contribution in [2.75, 3.05) is 0 Å². The zero-order chi connectivity index (χ0) is 54.2. The Morgan fingerprint density at radius 2 is 0.613 bits per heavy atom. The third-order valence-corrected chi connectivity index (χ3v) is 14.6. The van der Waals surface area contributed by atoms with Crippen LogP contribution in [-0.2, 0) is 0 Å². The quantitative estimate of drug-likeness (QED) is 0.0813. The van der Waals surface area contributed by atoms with Crippen LogP contribution in [0, 0.1) is 36.0 Å². The molecule has 0 bridgehead atoms. The third-order valence-electron chi connectivity index (χ3n) is 14.6. The minimum atomic E-state index is -2.26. The van der Waals surface area contributed by atoms with Gasteiger partial charge in [0.1, 0.15) is 0 Å². The van der Waals surface area contributed by atoms with E-state index in [9.17, 15) is 4.39 Å². The molecule has 80 heavy (non-hydrogen) atoms. The number of hydrogen-bond donors (Lipinski definition) is 0.